The Morgan fingerprint density at radius 3 is 2.17 bits per heavy atom. The molecule has 0 bridgehead atoms. The molecule has 2 aromatic rings. The van der Waals surface area contributed by atoms with Crippen LogP contribution in [0.15, 0.2) is 48.5 Å². The van der Waals surface area contributed by atoms with Crippen LogP contribution in [0.25, 0.3) is 0 Å². The number of quaternary nitrogens is 1. The smallest absolute Gasteiger partial charge is 0.338 e. The summed E-state index contributed by atoms with van der Waals surface area (Å²) >= 11 is 0. The summed E-state index contributed by atoms with van der Waals surface area (Å²) in [5, 5.41) is 2.61. The molecule has 0 radical (unpaired) electrons. The molecule has 0 unspecified atom stereocenters. The lowest BCUT2D eigenvalue weighted by atomic mass is 10.1. The number of anilines is 1. The van der Waals surface area contributed by atoms with E-state index in [1.807, 2.05) is 12.1 Å². The highest BCUT2D eigenvalue weighted by Gasteiger charge is 2.15. The second-order valence-corrected chi connectivity index (χ2v) is 6.93. The van der Waals surface area contributed by atoms with Crippen molar-refractivity contribution in [1.29, 1.82) is 0 Å². The normalized spacial score (nSPS) is 14.0. The Kier molecular flexibility index (Phi) is 7.53. The lowest BCUT2D eigenvalue weighted by molar-refractivity contribution is -0.921. The van der Waals surface area contributed by atoms with Crippen molar-refractivity contribution >= 4 is 23.5 Å². The number of carbonyl (C=O) groups is 3. The standard InChI is InChI=1S/C22H24N2O6/c1-28-21(26)17-6-8-19(9-7-17)23-20(25)15-30-22(27)18-4-2-16(3-5-18)14-24-10-12-29-13-11-24/h2-9H,10-15H2,1H3,(H,23,25)/p+1. The zero-order chi connectivity index (χ0) is 21.3. The fourth-order valence-corrected chi connectivity index (χ4v) is 3.10. The lowest BCUT2D eigenvalue weighted by Crippen LogP contribution is -3.12. The highest BCUT2D eigenvalue weighted by molar-refractivity contribution is 5.96. The summed E-state index contributed by atoms with van der Waals surface area (Å²) in [6.07, 6.45) is 0. The minimum atomic E-state index is -0.559. The minimum absolute atomic E-state index is 0.376. The van der Waals surface area contributed by atoms with Crippen molar-refractivity contribution in [2.24, 2.45) is 0 Å². The Morgan fingerprint density at radius 1 is 0.933 bits per heavy atom. The number of amides is 1. The van der Waals surface area contributed by atoms with Crippen LogP contribution in [0.3, 0.4) is 0 Å². The first-order chi connectivity index (χ1) is 14.5. The molecule has 2 aromatic carbocycles. The molecule has 1 saturated heterocycles. The van der Waals surface area contributed by atoms with Gasteiger partial charge in [0.25, 0.3) is 5.91 Å². The van der Waals surface area contributed by atoms with Crippen LogP contribution >= 0.6 is 0 Å². The average molecular weight is 413 g/mol. The van der Waals surface area contributed by atoms with Gasteiger partial charge in [-0.25, -0.2) is 9.59 Å². The SMILES string of the molecule is COC(=O)c1ccc(NC(=O)COC(=O)c2ccc(C[NH+]3CCOCC3)cc2)cc1. The Labute approximate surface area is 174 Å². The molecule has 3 rings (SSSR count). The maximum Gasteiger partial charge on any atom is 0.338 e. The quantitative estimate of drug-likeness (QED) is 0.649. The third kappa shape index (κ3) is 6.13. The maximum atomic E-state index is 12.2. The third-order valence-electron chi connectivity index (χ3n) is 4.77. The van der Waals surface area contributed by atoms with Gasteiger partial charge >= 0.3 is 11.9 Å². The predicted octanol–water partition coefficient (Wildman–Crippen LogP) is 0.684. The van der Waals surface area contributed by atoms with Gasteiger partial charge in [0.15, 0.2) is 6.61 Å². The van der Waals surface area contributed by atoms with E-state index in [9.17, 15) is 14.4 Å². The zero-order valence-electron chi connectivity index (χ0n) is 16.8. The summed E-state index contributed by atoms with van der Waals surface area (Å²) in [4.78, 5) is 37.0. The van der Waals surface area contributed by atoms with E-state index in [1.165, 1.54) is 24.1 Å². The molecule has 0 aliphatic carbocycles. The van der Waals surface area contributed by atoms with Crippen molar-refractivity contribution in [3.05, 3.63) is 65.2 Å². The first-order valence-electron chi connectivity index (χ1n) is 9.71. The molecule has 0 spiro atoms. The molecule has 1 aliphatic rings. The number of morpholine rings is 1. The number of benzene rings is 2. The highest BCUT2D eigenvalue weighted by atomic mass is 16.5. The van der Waals surface area contributed by atoms with Crippen molar-refractivity contribution in [3.8, 4) is 0 Å². The van der Waals surface area contributed by atoms with Crippen molar-refractivity contribution in [2.75, 3.05) is 45.3 Å². The molecular formula is C22H25N2O6+. The lowest BCUT2D eigenvalue weighted by Gasteiger charge is -2.23. The van der Waals surface area contributed by atoms with Crippen LogP contribution in [0.1, 0.15) is 26.3 Å². The van der Waals surface area contributed by atoms with Crippen molar-refractivity contribution in [2.45, 2.75) is 6.54 Å². The summed E-state index contributed by atoms with van der Waals surface area (Å²) in [6, 6.07) is 13.4. The molecule has 1 fully saturated rings. The molecule has 1 heterocycles. The van der Waals surface area contributed by atoms with E-state index in [0.717, 1.165) is 38.4 Å². The summed E-state index contributed by atoms with van der Waals surface area (Å²) in [6.45, 7) is 3.98. The Bertz CT molecular complexity index is 874. The number of carbonyl (C=O) groups excluding carboxylic acids is 3. The molecule has 158 valence electrons. The number of methoxy groups -OCH3 is 1. The van der Waals surface area contributed by atoms with E-state index >= 15 is 0 Å². The molecular weight excluding hydrogens is 388 g/mol. The van der Waals surface area contributed by atoms with Crippen molar-refractivity contribution in [1.82, 2.24) is 0 Å². The largest absolute Gasteiger partial charge is 0.465 e. The molecule has 8 nitrogen and oxygen atoms in total. The first-order valence-corrected chi connectivity index (χ1v) is 9.71. The van der Waals surface area contributed by atoms with Crippen LogP contribution in [0.4, 0.5) is 5.69 Å². The van der Waals surface area contributed by atoms with Crippen LogP contribution in [-0.4, -0.2) is 57.9 Å². The van der Waals surface area contributed by atoms with Gasteiger partial charge in [-0.3, -0.25) is 4.79 Å². The van der Waals surface area contributed by atoms with E-state index in [4.69, 9.17) is 9.47 Å². The molecule has 0 atom stereocenters. The number of hydrogen-bond donors (Lipinski definition) is 2. The van der Waals surface area contributed by atoms with E-state index in [-0.39, 0.29) is 0 Å². The minimum Gasteiger partial charge on any atom is -0.465 e. The van der Waals surface area contributed by atoms with Gasteiger partial charge in [-0.15, -0.1) is 0 Å². The summed E-state index contributed by atoms with van der Waals surface area (Å²) in [5.74, 6) is -1.49. The van der Waals surface area contributed by atoms with Crippen LogP contribution in [0.2, 0.25) is 0 Å². The molecule has 8 heteroatoms. The van der Waals surface area contributed by atoms with E-state index in [2.05, 4.69) is 10.1 Å². The van der Waals surface area contributed by atoms with Gasteiger partial charge in [-0.1, -0.05) is 12.1 Å². The van der Waals surface area contributed by atoms with Gasteiger partial charge in [0.05, 0.1) is 31.5 Å². The molecule has 1 aliphatic heterocycles. The molecule has 0 saturated carbocycles. The fourth-order valence-electron chi connectivity index (χ4n) is 3.10. The van der Waals surface area contributed by atoms with Gasteiger partial charge in [0.2, 0.25) is 0 Å². The van der Waals surface area contributed by atoms with Gasteiger partial charge in [-0.2, -0.15) is 0 Å². The average Bonchev–Trinajstić information content (AvgIpc) is 2.78. The van der Waals surface area contributed by atoms with Crippen molar-refractivity contribution in [3.63, 3.8) is 0 Å². The van der Waals surface area contributed by atoms with Crippen LogP contribution in [-0.2, 0) is 25.5 Å². The Morgan fingerprint density at radius 2 is 1.53 bits per heavy atom. The molecule has 0 aromatic heterocycles. The second-order valence-electron chi connectivity index (χ2n) is 6.93. The van der Waals surface area contributed by atoms with Crippen LogP contribution in [0.5, 0.6) is 0 Å². The summed E-state index contributed by atoms with van der Waals surface area (Å²) in [7, 11) is 1.30. The Balaban J connectivity index is 1.45. The summed E-state index contributed by atoms with van der Waals surface area (Å²) < 4.78 is 15.1. The topological polar surface area (TPSA) is 95.4 Å². The van der Waals surface area contributed by atoms with Gasteiger partial charge < -0.3 is 24.4 Å². The monoisotopic (exact) mass is 413 g/mol. The summed E-state index contributed by atoms with van der Waals surface area (Å²) in [5.41, 5.74) is 2.39. The van der Waals surface area contributed by atoms with E-state index in [1.54, 1.807) is 24.3 Å². The number of esters is 2. The predicted molar refractivity (Wildman–Crippen MR) is 108 cm³/mol. The zero-order valence-corrected chi connectivity index (χ0v) is 16.8. The van der Waals surface area contributed by atoms with Crippen LogP contribution in [0, 0.1) is 0 Å². The number of hydrogen-bond acceptors (Lipinski definition) is 6. The van der Waals surface area contributed by atoms with Gasteiger partial charge in [0.1, 0.15) is 19.6 Å². The Hall–Kier alpha value is -3.23. The molecule has 30 heavy (non-hydrogen) atoms. The van der Waals surface area contributed by atoms with Crippen molar-refractivity contribution < 1.29 is 33.5 Å². The van der Waals surface area contributed by atoms with Gasteiger partial charge in [0, 0.05) is 11.3 Å². The number of ether oxygens (including phenoxy) is 3. The molecule has 1 amide bonds. The number of rotatable bonds is 7. The van der Waals surface area contributed by atoms with E-state index in [0.29, 0.717) is 16.8 Å². The van der Waals surface area contributed by atoms with Gasteiger partial charge in [-0.05, 0) is 36.4 Å². The number of nitrogens with one attached hydrogen (secondary N) is 2. The van der Waals surface area contributed by atoms with E-state index < -0.39 is 24.5 Å². The first kappa shape index (κ1) is 21.5. The molecule has 2 N–H and O–H groups in total. The van der Waals surface area contributed by atoms with Crippen LogP contribution < -0.4 is 10.2 Å². The highest BCUT2D eigenvalue weighted by Crippen LogP contribution is 2.11. The second kappa shape index (κ2) is 10.5. The maximum absolute atomic E-state index is 12.2. The fraction of sp³-hybridized carbons (Fsp3) is 0.318. The third-order valence-corrected chi connectivity index (χ3v) is 4.77.